The fraction of sp³-hybridized carbons (Fsp3) is 0.481. The fourth-order valence-electron chi connectivity index (χ4n) is 3.82. The smallest absolute Gasteiger partial charge is 0.300 e. The average molecular weight is 572 g/mol. The van der Waals surface area contributed by atoms with Gasteiger partial charge in [0.2, 0.25) is 5.91 Å². The molecule has 1 amide bonds. The van der Waals surface area contributed by atoms with Crippen LogP contribution in [-0.4, -0.2) is 56.6 Å². The number of halogens is 2. The van der Waals surface area contributed by atoms with E-state index in [1.54, 1.807) is 0 Å². The lowest BCUT2D eigenvalue weighted by Crippen LogP contribution is -2.53. The molecule has 0 spiro atoms. The molecule has 204 valence electrons. The van der Waals surface area contributed by atoms with Gasteiger partial charge >= 0.3 is 0 Å². The van der Waals surface area contributed by atoms with E-state index < -0.39 is 17.0 Å². The molecule has 2 aromatic rings. The van der Waals surface area contributed by atoms with Crippen LogP contribution in [0.1, 0.15) is 52.1 Å². The van der Waals surface area contributed by atoms with Crippen molar-refractivity contribution in [2.45, 2.75) is 58.2 Å². The first-order chi connectivity index (χ1) is 17.4. The number of morpholine rings is 1. The van der Waals surface area contributed by atoms with Crippen LogP contribution in [0.3, 0.4) is 0 Å². The zero-order valence-corrected chi connectivity index (χ0v) is 24.0. The quantitative estimate of drug-likeness (QED) is 0.478. The molecule has 1 aliphatic heterocycles. The van der Waals surface area contributed by atoms with E-state index in [0.717, 1.165) is 30.4 Å². The third kappa shape index (κ3) is 12.0. The summed E-state index contributed by atoms with van der Waals surface area (Å²) in [6.45, 7) is 7.61. The molecule has 4 rings (SSSR count). The Morgan fingerprint density at radius 1 is 1.11 bits per heavy atom. The summed E-state index contributed by atoms with van der Waals surface area (Å²) in [5.41, 5.74) is 0.770. The van der Waals surface area contributed by atoms with E-state index in [4.69, 9.17) is 37.8 Å². The highest BCUT2D eigenvalue weighted by molar-refractivity contribution is 7.83. The Balaban J connectivity index is 0.000000363. The summed E-state index contributed by atoms with van der Waals surface area (Å²) in [6.07, 6.45) is 2.16. The minimum Gasteiger partial charge on any atom is -0.481 e. The van der Waals surface area contributed by atoms with Crippen molar-refractivity contribution in [3.63, 3.8) is 0 Å². The van der Waals surface area contributed by atoms with Crippen LogP contribution in [0.2, 0.25) is 10.0 Å². The number of carbonyl (C=O) groups is 2. The molecule has 0 aromatic heterocycles. The molecule has 3 unspecified atom stereocenters. The molecule has 37 heavy (non-hydrogen) atoms. The standard InChI is InChI=1S/C19H27ClN2O3S.C6H5Cl.C2H4O2/c1-19(2,3)21-26(24)12-17(14-4-5-14)22-16(10-25-11-18(22)23)13-6-8-15(20)9-7-13;7-6-4-2-1-3-5-6;1-2(3)4/h6-9,14,16-17,21H,4-5,10-12H2,1-3H3;1-5H;1H3,(H,3,4). The molecular weight excluding hydrogens is 535 g/mol. The van der Waals surface area contributed by atoms with E-state index >= 15 is 0 Å². The third-order valence-electron chi connectivity index (χ3n) is 5.38. The van der Waals surface area contributed by atoms with Crippen molar-refractivity contribution in [1.29, 1.82) is 0 Å². The monoisotopic (exact) mass is 570 g/mol. The van der Waals surface area contributed by atoms with Gasteiger partial charge in [0.05, 0.1) is 29.4 Å². The van der Waals surface area contributed by atoms with Gasteiger partial charge in [0.1, 0.15) is 6.61 Å². The van der Waals surface area contributed by atoms with Gasteiger partial charge in [-0.05, 0) is 69.4 Å². The fourth-order valence-corrected chi connectivity index (χ4v) is 5.60. The zero-order chi connectivity index (χ0) is 27.6. The summed E-state index contributed by atoms with van der Waals surface area (Å²) in [7, 11) is -1.20. The second-order valence-corrected chi connectivity index (χ2v) is 12.1. The molecule has 2 fully saturated rings. The molecule has 7 nitrogen and oxygen atoms in total. The summed E-state index contributed by atoms with van der Waals surface area (Å²) in [5, 5.41) is 8.88. The van der Waals surface area contributed by atoms with Crippen LogP contribution in [0.5, 0.6) is 0 Å². The number of carboxylic acids is 1. The second kappa shape index (κ2) is 14.8. The number of nitrogens with one attached hydrogen (secondary N) is 1. The Morgan fingerprint density at radius 3 is 2.11 bits per heavy atom. The van der Waals surface area contributed by atoms with Crippen molar-refractivity contribution < 1.29 is 23.6 Å². The SMILES string of the molecule is CC(=O)O.CC(C)(C)NS(=O)CC(C1CC1)N1C(=O)COCC1c1ccc(Cl)cc1.Clc1ccccc1. The Kier molecular flexibility index (Phi) is 12.5. The highest BCUT2D eigenvalue weighted by Crippen LogP contribution is 2.40. The van der Waals surface area contributed by atoms with Crippen LogP contribution in [-0.2, 0) is 25.3 Å². The molecule has 0 bridgehead atoms. The van der Waals surface area contributed by atoms with Crippen LogP contribution in [0.4, 0.5) is 0 Å². The summed E-state index contributed by atoms with van der Waals surface area (Å²) >= 11 is 11.5. The number of carbonyl (C=O) groups excluding carboxylic acids is 1. The Hall–Kier alpha value is -1.97. The maximum Gasteiger partial charge on any atom is 0.300 e. The first-order valence-electron chi connectivity index (χ1n) is 12.1. The summed E-state index contributed by atoms with van der Waals surface area (Å²) in [4.78, 5) is 23.7. The Bertz CT molecular complexity index is 1020. The zero-order valence-electron chi connectivity index (χ0n) is 21.7. The van der Waals surface area contributed by atoms with Gasteiger partial charge < -0.3 is 14.7 Å². The lowest BCUT2D eigenvalue weighted by Gasteiger charge is -2.41. The molecule has 3 atom stereocenters. The predicted molar refractivity (Wildman–Crippen MR) is 149 cm³/mol. The molecule has 1 saturated heterocycles. The number of ether oxygens (including phenoxy) is 1. The largest absolute Gasteiger partial charge is 0.481 e. The van der Waals surface area contributed by atoms with Gasteiger partial charge in [-0.1, -0.05) is 53.5 Å². The van der Waals surface area contributed by atoms with Gasteiger partial charge in [0.15, 0.2) is 0 Å². The van der Waals surface area contributed by atoms with Crippen molar-refractivity contribution in [2.24, 2.45) is 5.92 Å². The summed E-state index contributed by atoms with van der Waals surface area (Å²) in [5.74, 6) is -0.00367. The molecule has 2 aliphatic rings. The van der Waals surface area contributed by atoms with Crippen molar-refractivity contribution in [3.05, 3.63) is 70.2 Å². The molecule has 0 radical (unpaired) electrons. The number of hydrogen-bond acceptors (Lipinski definition) is 4. The van der Waals surface area contributed by atoms with Gasteiger partial charge in [0.25, 0.3) is 5.97 Å². The maximum atomic E-state index is 12.7. The number of aliphatic carboxylic acids is 1. The van der Waals surface area contributed by atoms with E-state index in [1.165, 1.54) is 0 Å². The summed E-state index contributed by atoms with van der Waals surface area (Å²) in [6, 6.07) is 16.8. The summed E-state index contributed by atoms with van der Waals surface area (Å²) < 4.78 is 21.3. The number of carboxylic acid groups (broad SMARTS) is 1. The minimum atomic E-state index is -1.20. The number of hydrogen-bond donors (Lipinski definition) is 2. The molecule has 2 N–H and O–H groups in total. The van der Waals surface area contributed by atoms with Crippen LogP contribution < -0.4 is 4.72 Å². The number of amides is 1. The predicted octanol–water partition coefficient (Wildman–Crippen LogP) is 5.50. The maximum absolute atomic E-state index is 12.7. The van der Waals surface area contributed by atoms with Gasteiger partial charge in [-0.15, -0.1) is 0 Å². The van der Waals surface area contributed by atoms with Crippen molar-refractivity contribution in [1.82, 2.24) is 9.62 Å². The molecule has 10 heteroatoms. The van der Waals surface area contributed by atoms with Crippen LogP contribution in [0.25, 0.3) is 0 Å². The Morgan fingerprint density at radius 2 is 1.65 bits per heavy atom. The van der Waals surface area contributed by atoms with Crippen molar-refractivity contribution in [2.75, 3.05) is 19.0 Å². The lowest BCUT2D eigenvalue weighted by atomic mass is 10.0. The normalized spacial score (nSPS) is 19.0. The van der Waals surface area contributed by atoms with E-state index in [9.17, 15) is 9.00 Å². The van der Waals surface area contributed by atoms with E-state index in [-0.39, 0.29) is 30.1 Å². The van der Waals surface area contributed by atoms with E-state index in [1.807, 2.05) is 80.3 Å². The lowest BCUT2D eigenvalue weighted by molar-refractivity contribution is -0.152. The number of nitrogens with zero attached hydrogens (tertiary/aromatic N) is 1. The van der Waals surface area contributed by atoms with Gasteiger partial charge in [0, 0.05) is 28.5 Å². The first kappa shape index (κ1) is 31.2. The number of benzene rings is 2. The molecular formula is C27H36Cl2N2O5S. The second-order valence-electron chi connectivity index (χ2n) is 9.97. The van der Waals surface area contributed by atoms with Gasteiger partial charge in [-0.3, -0.25) is 9.59 Å². The Labute approximate surface area is 232 Å². The topological polar surface area (TPSA) is 95.9 Å². The van der Waals surface area contributed by atoms with Crippen LogP contribution >= 0.6 is 23.2 Å². The van der Waals surface area contributed by atoms with E-state index in [2.05, 4.69) is 4.72 Å². The van der Waals surface area contributed by atoms with Crippen molar-refractivity contribution >= 4 is 46.1 Å². The minimum absolute atomic E-state index is 0.0270. The highest BCUT2D eigenvalue weighted by Gasteiger charge is 2.43. The van der Waals surface area contributed by atoms with Crippen molar-refractivity contribution in [3.8, 4) is 0 Å². The molecule has 1 aliphatic carbocycles. The third-order valence-corrected chi connectivity index (χ3v) is 7.37. The molecule has 1 heterocycles. The van der Waals surface area contributed by atoms with Crippen LogP contribution in [0.15, 0.2) is 54.6 Å². The first-order valence-corrected chi connectivity index (χ1v) is 14.2. The molecule has 1 saturated carbocycles. The highest BCUT2D eigenvalue weighted by atomic mass is 35.5. The van der Waals surface area contributed by atoms with Gasteiger partial charge in [-0.25, -0.2) is 8.93 Å². The van der Waals surface area contributed by atoms with Crippen LogP contribution in [0, 0.1) is 5.92 Å². The molecule has 2 aromatic carbocycles. The van der Waals surface area contributed by atoms with Gasteiger partial charge in [-0.2, -0.15) is 0 Å². The van der Waals surface area contributed by atoms with E-state index in [0.29, 0.717) is 23.3 Å². The number of rotatable bonds is 6. The average Bonchev–Trinajstić information content (AvgIpc) is 3.63.